The van der Waals surface area contributed by atoms with Gasteiger partial charge in [-0.3, -0.25) is 9.30 Å². The van der Waals surface area contributed by atoms with Gasteiger partial charge in [-0.2, -0.15) is 4.98 Å². The number of anilines is 1. The van der Waals surface area contributed by atoms with Crippen LogP contribution in [0, 0.1) is 11.6 Å². The van der Waals surface area contributed by atoms with E-state index in [9.17, 15) is 23.6 Å². The van der Waals surface area contributed by atoms with Crippen LogP contribution in [0.4, 0.5) is 14.6 Å². The van der Waals surface area contributed by atoms with Crippen LogP contribution in [0.15, 0.2) is 60.8 Å². The summed E-state index contributed by atoms with van der Waals surface area (Å²) < 4.78 is 64.6. The first-order chi connectivity index (χ1) is 21.3. The van der Waals surface area contributed by atoms with E-state index in [4.69, 9.17) is 30.5 Å². The lowest BCUT2D eigenvalue weighted by molar-refractivity contribution is -0.350. The van der Waals surface area contributed by atoms with Crippen LogP contribution in [-0.4, -0.2) is 61.4 Å². The standard InChI is InChI=1S/C29H28ClF2N4O7P/c30-28-34-25(33-18-3-1-2-4-18)21-13-14-36(26(21)35-28)27-23(38)22(37)24(41-27)29(40-15-44-39,42-19-9-5-16(31)6-10-19)43-20-11-7-17(32)8-12-20/h5-14,18,22-24,27,37-38H,1-4,15H2,(H,33,34,35)/t22-,23+,24+,27+/m0/s1. The maximum Gasteiger partial charge on any atom is 0.403 e. The predicted molar refractivity (Wildman–Crippen MR) is 155 cm³/mol. The third-order valence-corrected chi connectivity index (χ3v) is 7.97. The van der Waals surface area contributed by atoms with Crippen molar-refractivity contribution >= 4 is 36.9 Å². The second kappa shape index (κ2) is 12.9. The van der Waals surface area contributed by atoms with Gasteiger partial charge in [0.25, 0.3) is 0 Å². The molecule has 1 saturated heterocycles. The molecular weight excluding hydrogens is 621 g/mol. The number of aliphatic hydroxyl groups is 2. The summed E-state index contributed by atoms with van der Waals surface area (Å²) in [5, 5.41) is 26.7. The van der Waals surface area contributed by atoms with Crippen LogP contribution in [0.2, 0.25) is 5.28 Å². The number of hydrogen-bond acceptors (Lipinski definition) is 10. The van der Waals surface area contributed by atoms with Crippen molar-refractivity contribution in [3.8, 4) is 11.5 Å². The molecule has 44 heavy (non-hydrogen) atoms. The summed E-state index contributed by atoms with van der Waals surface area (Å²) in [5.74, 6) is -2.92. The molecule has 4 aromatic rings. The van der Waals surface area contributed by atoms with E-state index in [1.165, 1.54) is 28.8 Å². The number of hydrogen-bond donors (Lipinski definition) is 3. The molecule has 2 aromatic heterocycles. The average Bonchev–Trinajstić information content (AvgIpc) is 3.75. The molecule has 2 aliphatic rings. The van der Waals surface area contributed by atoms with Gasteiger partial charge in [0.1, 0.15) is 53.2 Å². The molecule has 3 heterocycles. The van der Waals surface area contributed by atoms with Crippen molar-refractivity contribution in [3.63, 3.8) is 0 Å². The number of aliphatic hydroxyl groups excluding tert-OH is 2. The van der Waals surface area contributed by atoms with Crippen molar-refractivity contribution in [3.05, 3.63) is 77.7 Å². The second-order valence-electron chi connectivity index (χ2n) is 10.5. The number of halogens is 3. The van der Waals surface area contributed by atoms with E-state index >= 15 is 0 Å². The molecule has 0 bridgehead atoms. The Morgan fingerprint density at radius 3 is 2.18 bits per heavy atom. The maximum absolute atomic E-state index is 13.7. The fourth-order valence-electron chi connectivity index (χ4n) is 5.50. The normalized spacial score (nSPS) is 22.6. The van der Waals surface area contributed by atoms with E-state index in [1.54, 1.807) is 12.3 Å². The van der Waals surface area contributed by atoms with Crippen molar-refractivity contribution in [2.24, 2.45) is 0 Å². The maximum atomic E-state index is 13.7. The van der Waals surface area contributed by atoms with Crippen molar-refractivity contribution in [1.29, 1.82) is 0 Å². The van der Waals surface area contributed by atoms with Gasteiger partial charge in [0.05, 0.1) is 5.39 Å². The summed E-state index contributed by atoms with van der Waals surface area (Å²) in [4.78, 5) is 8.73. The number of aromatic nitrogens is 3. The van der Waals surface area contributed by atoms with E-state index < -0.39 is 57.0 Å². The zero-order chi connectivity index (χ0) is 30.8. The molecule has 1 saturated carbocycles. The van der Waals surface area contributed by atoms with E-state index in [-0.39, 0.29) is 22.8 Å². The number of ether oxygens (including phenoxy) is 4. The summed E-state index contributed by atoms with van der Waals surface area (Å²) in [6.07, 6.45) is -0.851. The van der Waals surface area contributed by atoms with Crippen LogP contribution in [0.5, 0.6) is 11.5 Å². The Labute approximate surface area is 256 Å². The molecule has 0 amide bonds. The van der Waals surface area contributed by atoms with Gasteiger partial charge >= 0.3 is 5.97 Å². The predicted octanol–water partition coefficient (Wildman–Crippen LogP) is 5.41. The lowest BCUT2D eigenvalue weighted by atomic mass is 10.1. The summed E-state index contributed by atoms with van der Waals surface area (Å²) in [7, 11) is -0.476. The molecule has 15 heteroatoms. The highest BCUT2D eigenvalue weighted by Crippen LogP contribution is 2.41. The number of nitrogens with one attached hydrogen (secondary N) is 1. The number of nitrogens with zero attached hydrogens (tertiary/aromatic N) is 3. The molecule has 1 aliphatic carbocycles. The van der Waals surface area contributed by atoms with Crippen LogP contribution in [0.25, 0.3) is 11.0 Å². The molecule has 0 radical (unpaired) electrons. The molecule has 0 unspecified atom stereocenters. The molecule has 1 aliphatic heterocycles. The van der Waals surface area contributed by atoms with Gasteiger partial charge in [-0.1, -0.05) is 12.8 Å². The van der Waals surface area contributed by atoms with Gasteiger partial charge in [-0.15, -0.1) is 0 Å². The van der Waals surface area contributed by atoms with Crippen LogP contribution in [-0.2, 0) is 14.0 Å². The van der Waals surface area contributed by atoms with Crippen molar-refractivity contribution in [1.82, 2.24) is 14.5 Å². The topological polar surface area (TPSA) is 137 Å². The summed E-state index contributed by atoms with van der Waals surface area (Å²) in [5.41, 5.74) is 0.325. The number of fused-ring (bicyclic) bond motifs is 1. The zero-order valence-electron chi connectivity index (χ0n) is 23.1. The van der Waals surface area contributed by atoms with Crippen LogP contribution < -0.4 is 14.8 Å². The van der Waals surface area contributed by atoms with Crippen molar-refractivity contribution in [2.45, 2.75) is 62.2 Å². The van der Waals surface area contributed by atoms with E-state index in [0.29, 0.717) is 16.9 Å². The third kappa shape index (κ3) is 6.21. The van der Waals surface area contributed by atoms with Crippen LogP contribution in [0.1, 0.15) is 31.9 Å². The van der Waals surface area contributed by atoms with Crippen LogP contribution in [0.3, 0.4) is 0 Å². The second-order valence-corrected chi connectivity index (χ2v) is 11.3. The molecule has 6 rings (SSSR count). The Bertz CT molecular complexity index is 1560. The Morgan fingerprint density at radius 2 is 1.59 bits per heavy atom. The molecule has 2 aromatic carbocycles. The van der Waals surface area contributed by atoms with Gasteiger partial charge in [0, 0.05) is 12.2 Å². The minimum Gasteiger partial charge on any atom is -0.428 e. The monoisotopic (exact) mass is 648 g/mol. The van der Waals surface area contributed by atoms with Gasteiger partial charge in [-0.05, 0) is 79.0 Å². The van der Waals surface area contributed by atoms with Gasteiger partial charge in [0.2, 0.25) is 5.28 Å². The van der Waals surface area contributed by atoms with E-state index in [2.05, 4.69) is 15.3 Å². The smallest absolute Gasteiger partial charge is 0.403 e. The first-order valence-corrected chi connectivity index (χ1v) is 15.3. The molecule has 4 atom stereocenters. The summed E-state index contributed by atoms with van der Waals surface area (Å²) in [6.45, 7) is 0. The Morgan fingerprint density at radius 1 is 0.977 bits per heavy atom. The lowest BCUT2D eigenvalue weighted by Gasteiger charge is -2.37. The number of benzene rings is 2. The molecule has 11 nitrogen and oxygen atoms in total. The van der Waals surface area contributed by atoms with Crippen molar-refractivity contribution in [2.75, 3.05) is 11.7 Å². The largest absolute Gasteiger partial charge is 0.428 e. The quantitative estimate of drug-likeness (QED) is 0.110. The molecule has 2 fully saturated rings. The average molecular weight is 649 g/mol. The number of rotatable bonds is 11. The zero-order valence-corrected chi connectivity index (χ0v) is 24.7. The SMILES string of the molecule is O=PCOC(Oc1ccc(F)cc1)(Oc1ccc(F)cc1)[C@@H]1O[C@@H](n2ccc3c(NC4CCCC4)nc(Cl)nc32)[C@H](O)[C@@H]1O. The Kier molecular flexibility index (Phi) is 8.95. The van der Waals surface area contributed by atoms with Crippen LogP contribution >= 0.6 is 20.1 Å². The Hall–Kier alpha value is -3.45. The van der Waals surface area contributed by atoms with Crippen molar-refractivity contribution < 1.29 is 42.5 Å². The van der Waals surface area contributed by atoms with E-state index in [1.807, 2.05) is 0 Å². The molecule has 232 valence electrons. The molecule has 3 N–H and O–H groups in total. The first kappa shape index (κ1) is 30.6. The fraction of sp³-hybridized carbons (Fsp3) is 0.379. The van der Waals surface area contributed by atoms with E-state index in [0.717, 1.165) is 49.9 Å². The third-order valence-electron chi connectivity index (χ3n) is 7.57. The summed E-state index contributed by atoms with van der Waals surface area (Å²) in [6, 6.07) is 11.6. The van der Waals surface area contributed by atoms with Gasteiger partial charge in [0.15, 0.2) is 20.8 Å². The van der Waals surface area contributed by atoms with Gasteiger partial charge in [-0.25, -0.2) is 13.8 Å². The fourth-order valence-corrected chi connectivity index (χ4v) is 5.89. The highest BCUT2D eigenvalue weighted by Gasteiger charge is 2.60. The highest BCUT2D eigenvalue weighted by atomic mass is 35.5. The summed E-state index contributed by atoms with van der Waals surface area (Å²) >= 11 is 6.30. The highest BCUT2D eigenvalue weighted by molar-refractivity contribution is 7.23. The molecular formula is C29H28ClF2N4O7P. The lowest BCUT2D eigenvalue weighted by Crippen LogP contribution is -2.59. The minimum absolute atomic E-state index is 0.0263. The van der Waals surface area contributed by atoms with Gasteiger partial charge < -0.3 is 34.3 Å². The molecule has 0 spiro atoms. The first-order valence-electron chi connectivity index (χ1n) is 13.9. The minimum atomic E-state index is -2.41. The Balaban J connectivity index is 1.38.